The highest BCUT2D eigenvalue weighted by Crippen LogP contribution is 2.40. The van der Waals surface area contributed by atoms with E-state index < -0.39 is 0 Å². The molecule has 3 aliphatic heterocycles. The van der Waals surface area contributed by atoms with E-state index in [2.05, 4.69) is 60.0 Å². The van der Waals surface area contributed by atoms with Gasteiger partial charge in [0.1, 0.15) is 10.8 Å². The van der Waals surface area contributed by atoms with Gasteiger partial charge in [-0.2, -0.15) is 0 Å². The number of thiazole rings is 1. The Balaban J connectivity index is 1.12. The standard InChI is InChI=1S/C32H41N3O3S/c1-23-25(6-3-8-27(23)31-33-28-10-14-35(17-18-36)20-30(28)39-31)26-7-4-9-29(24(26)2)38-19-5-13-34-15-11-32(12-16-34)21-37-22-32/h3-4,6-9,36H,5,10-22H2,1-2H3. The number of rotatable bonds is 9. The van der Waals surface area contributed by atoms with Crippen LogP contribution in [0.1, 0.15) is 41.0 Å². The van der Waals surface area contributed by atoms with Crippen molar-refractivity contribution in [3.8, 4) is 27.4 Å². The van der Waals surface area contributed by atoms with Gasteiger partial charge in [-0.3, -0.25) is 4.90 Å². The van der Waals surface area contributed by atoms with E-state index in [4.69, 9.17) is 14.5 Å². The summed E-state index contributed by atoms with van der Waals surface area (Å²) in [5, 5.41) is 10.4. The number of hydrogen-bond donors (Lipinski definition) is 1. The Morgan fingerprint density at radius 3 is 2.44 bits per heavy atom. The van der Waals surface area contributed by atoms with Crippen LogP contribution in [0.5, 0.6) is 5.75 Å². The average Bonchev–Trinajstić information content (AvgIpc) is 3.35. The molecule has 2 saturated heterocycles. The quantitative estimate of drug-likeness (QED) is 0.366. The molecule has 208 valence electrons. The maximum absolute atomic E-state index is 9.34. The highest BCUT2D eigenvalue weighted by molar-refractivity contribution is 7.15. The second-order valence-electron chi connectivity index (χ2n) is 11.6. The van der Waals surface area contributed by atoms with Gasteiger partial charge in [0.25, 0.3) is 0 Å². The summed E-state index contributed by atoms with van der Waals surface area (Å²) in [5.41, 5.74) is 7.86. The van der Waals surface area contributed by atoms with Crippen molar-refractivity contribution in [1.82, 2.24) is 14.8 Å². The Hall–Kier alpha value is -2.29. The van der Waals surface area contributed by atoms with Gasteiger partial charge in [0.15, 0.2) is 0 Å². The number of β-amino-alcohol motifs (C(OH)–C–C–N with tert-alkyl or cyclic N) is 1. The van der Waals surface area contributed by atoms with Gasteiger partial charge < -0.3 is 19.5 Å². The van der Waals surface area contributed by atoms with Crippen molar-refractivity contribution in [1.29, 1.82) is 0 Å². The number of piperidine rings is 1. The molecule has 6 nitrogen and oxygen atoms in total. The molecule has 1 aromatic heterocycles. The van der Waals surface area contributed by atoms with Crippen molar-refractivity contribution < 1.29 is 14.6 Å². The molecule has 3 aromatic rings. The normalized spacial score (nSPS) is 19.2. The first-order valence-electron chi connectivity index (χ1n) is 14.5. The zero-order valence-electron chi connectivity index (χ0n) is 23.4. The van der Waals surface area contributed by atoms with E-state index in [9.17, 15) is 5.11 Å². The molecule has 0 unspecified atom stereocenters. The van der Waals surface area contributed by atoms with Crippen LogP contribution in [0.3, 0.4) is 0 Å². The Morgan fingerprint density at radius 2 is 1.69 bits per heavy atom. The monoisotopic (exact) mass is 547 g/mol. The molecule has 6 rings (SSSR count). The lowest BCUT2D eigenvalue weighted by atomic mass is 9.77. The number of hydrogen-bond acceptors (Lipinski definition) is 7. The van der Waals surface area contributed by atoms with E-state index in [0.717, 1.165) is 69.6 Å². The minimum atomic E-state index is 0.208. The molecule has 0 bridgehead atoms. The third-order valence-electron chi connectivity index (χ3n) is 8.97. The van der Waals surface area contributed by atoms with Crippen LogP contribution in [-0.2, 0) is 17.7 Å². The Kier molecular flexibility index (Phi) is 8.05. The SMILES string of the molecule is Cc1c(OCCCN2CCC3(CC2)COC3)cccc1-c1cccc(-c2nc3c(s2)CN(CCO)CC3)c1C. The molecule has 2 fully saturated rings. The van der Waals surface area contributed by atoms with Gasteiger partial charge in [-0.1, -0.05) is 30.3 Å². The average molecular weight is 548 g/mol. The lowest BCUT2D eigenvalue weighted by Crippen LogP contribution is -2.51. The molecule has 4 heterocycles. The van der Waals surface area contributed by atoms with Crippen LogP contribution in [0.2, 0.25) is 0 Å². The molecule has 2 aromatic carbocycles. The van der Waals surface area contributed by atoms with E-state index >= 15 is 0 Å². The minimum Gasteiger partial charge on any atom is -0.493 e. The number of nitrogens with zero attached hydrogens (tertiary/aromatic N) is 3. The summed E-state index contributed by atoms with van der Waals surface area (Å²) < 4.78 is 11.8. The summed E-state index contributed by atoms with van der Waals surface area (Å²) in [4.78, 5) is 11.3. The van der Waals surface area contributed by atoms with Gasteiger partial charge in [0.05, 0.1) is 32.1 Å². The lowest BCUT2D eigenvalue weighted by molar-refractivity contribution is -0.139. The largest absolute Gasteiger partial charge is 0.493 e. The van der Waals surface area contributed by atoms with Crippen molar-refractivity contribution in [3.63, 3.8) is 0 Å². The fourth-order valence-electron chi connectivity index (χ4n) is 6.32. The zero-order chi connectivity index (χ0) is 26.8. The van der Waals surface area contributed by atoms with Gasteiger partial charge in [-0.05, 0) is 74.5 Å². The Morgan fingerprint density at radius 1 is 0.949 bits per heavy atom. The third-order valence-corrected chi connectivity index (χ3v) is 10.1. The molecule has 0 aliphatic carbocycles. The number of benzene rings is 2. The summed E-state index contributed by atoms with van der Waals surface area (Å²) >= 11 is 1.80. The number of fused-ring (bicyclic) bond motifs is 1. The molecule has 0 saturated carbocycles. The van der Waals surface area contributed by atoms with Crippen LogP contribution in [0.25, 0.3) is 21.7 Å². The van der Waals surface area contributed by atoms with E-state index in [-0.39, 0.29) is 6.61 Å². The summed E-state index contributed by atoms with van der Waals surface area (Å²) in [6.45, 7) is 13.4. The van der Waals surface area contributed by atoms with Crippen molar-refractivity contribution >= 4 is 11.3 Å². The van der Waals surface area contributed by atoms with Crippen molar-refractivity contribution in [2.75, 3.05) is 59.2 Å². The number of aromatic nitrogens is 1. The molecule has 39 heavy (non-hydrogen) atoms. The van der Waals surface area contributed by atoms with Crippen molar-refractivity contribution in [2.45, 2.75) is 46.1 Å². The second-order valence-corrected chi connectivity index (χ2v) is 12.7. The molecule has 0 amide bonds. The van der Waals surface area contributed by atoms with Gasteiger partial charge in [0, 0.05) is 48.5 Å². The van der Waals surface area contributed by atoms with Crippen LogP contribution in [0.4, 0.5) is 0 Å². The van der Waals surface area contributed by atoms with Gasteiger partial charge in [-0.15, -0.1) is 11.3 Å². The third kappa shape index (κ3) is 5.66. The molecule has 0 atom stereocenters. The van der Waals surface area contributed by atoms with E-state index in [1.807, 2.05) is 0 Å². The predicted octanol–water partition coefficient (Wildman–Crippen LogP) is 5.33. The van der Waals surface area contributed by atoms with Crippen molar-refractivity contribution in [2.24, 2.45) is 5.41 Å². The van der Waals surface area contributed by atoms with Crippen LogP contribution in [-0.4, -0.2) is 79.0 Å². The minimum absolute atomic E-state index is 0.208. The molecule has 1 spiro atoms. The summed E-state index contributed by atoms with van der Waals surface area (Å²) in [7, 11) is 0. The summed E-state index contributed by atoms with van der Waals surface area (Å²) in [6, 6.07) is 13.0. The topological polar surface area (TPSA) is 58.1 Å². The zero-order valence-corrected chi connectivity index (χ0v) is 24.2. The number of likely N-dealkylation sites (tertiary alicyclic amines) is 1. The molecule has 3 aliphatic rings. The van der Waals surface area contributed by atoms with Crippen molar-refractivity contribution in [3.05, 3.63) is 58.1 Å². The van der Waals surface area contributed by atoms with Gasteiger partial charge in [-0.25, -0.2) is 4.98 Å². The van der Waals surface area contributed by atoms with E-state index in [0.29, 0.717) is 5.41 Å². The van der Waals surface area contributed by atoms with Gasteiger partial charge >= 0.3 is 0 Å². The predicted molar refractivity (Wildman–Crippen MR) is 158 cm³/mol. The molecular formula is C32H41N3O3S. The second kappa shape index (κ2) is 11.7. The maximum atomic E-state index is 9.34. The number of aliphatic hydroxyl groups is 1. The van der Waals surface area contributed by atoms with Crippen LogP contribution in [0.15, 0.2) is 36.4 Å². The molecular weight excluding hydrogens is 506 g/mol. The lowest BCUT2D eigenvalue weighted by Gasteiger charge is -2.47. The van der Waals surface area contributed by atoms with Crippen LogP contribution < -0.4 is 4.74 Å². The highest BCUT2D eigenvalue weighted by Gasteiger charge is 2.40. The summed E-state index contributed by atoms with van der Waals surface area (Å²) in [6.07, 6.45) is 4.56. The Labute approximate surface area is 236 Å². The summed E-state index contributed by atoms with van der Waals surface area (Å²) in [5.74, 6) is 0.982. The fraction of sp³-hybridized carbons (Fsp3) is 0.531. The first kappa shape index (κ1) is 26.9. The number of aliphatic hydroxyl groups excluding tert-OH is 1. The van der Waals surface area contributed by atoms with E-state index in [1.54, 1.807) is 11.3 Å². The highest BCUT2D eigenvalue weighted by atomic mass is 32.1. The fourth-order valence-corrected chi connectivity index (χ4v) is 7.55. The molecule has 0 radical (unpaired) electrons. The van der Waals surface area contributed by atoms with Crippen LogP contribution in [0, 0.1) is 19.3 Å². The number of ether oxygens (including phenoxy) is 2. The molecule has 7 heteroatoms. The Bertz CT molecular complexity index is 1290. The molecule has 1 N–H and O–H groups in total. The first-order chi connectivity index (χ1) is 19.0. The van der Waals surface area contributed by atoms with E-state index in [1.165, 1.54) is 64.3 Å². The van der Waals surface area contributed by atoms with Crippen LogP contribution >= 0.6 is 11.3 Å². The van der Waals surface area contributed by atoms with Gasteiger partial charge in [0.2, 0.25) is 0 Å². The maximum Gasteiger partial charge on any atom is 0.124 e. The first-order valence-corrected chi connectivity index (χ1v) is 15.3. The smallest absolute Gasteiger partial charge is 0.124 e.